The first-order valence-electron chi connectivity index (χ1n) is 6.05. The van der Waals surface area contributed by atoms with Gasteiger partial charge in [-0.15, -0.1) is 0 Å². The van der Waals surface area contributed by atoms with Gasteiger partial charge in [0.1, 0.15) is 0 Å². The summed E-state index contributed by atoms with van der Waals surface area (Å²) in [5.41, 5.74) is 0. The van der Waals surface area contributed by atoms with Crippen LogP contribution in [0.25, 0.3) is 0 Å². The molecule has 0 aromatic carbocycles. The van der Waals surface area contributed by atoms with Crippen LogP contribution in [-0.2, 0) is 4.79 Å². The van der Waals surface area contributed by atoms with Gasteiger partial charge < -0.3 is 0 Å². The van der Waals surface area contributed by atoms with Gasteiger partial charge in [0.15, 0.2) is 5.12 Å². The van der Waals surface area contributed by atoms with Crippen molar-refractivity contribution in [3.8, 4) is 0 Å². The van der Waals surface area contributed by atoms with Gasteiger partial charge in [-0.1, -0.05) is 56.7 Å². The van der Waals surface area contributed by atoms with Crippen molar-refractivity contribution < 1.29 is 4.79 Å². The first-order chi connectivity index (χ1) is 6.89. The van der Waals surface area contributed by atoms with E-state index in [0.717, 1.165) is 18.6 Å². The summed E-state index contributed by atoms with van der Waals surface area (Å²) >= 11 is 1.56. The third kappa shape index (κ3) is 6.47. The predicted molar refractivity (Wildman–Crippen MR) is 63.6 cm³/mol. The molecule has 0 aromatic heterocycles. The highest BCUT2D eigenvalue weighted by atomic mass is 32.2. The van der Waals surface area contributed by atoms with Crippen molar-refractivity contribution in [3.05, 3.63) is 0 Å². The smallest absolute Gasteiger partial charge is 0.188 e. The van der Waals surface area contributed by atoms with Crippen LogP contribution in [0, 0.1) is 0 Å². The number of carbonyl (C=O) groups excluding carboxylic acids is 1. The molecule has 14 heavy (non-hydrogen) atoms. The Balaban J connectivity index is 2.15. The van der Waals surface area contributed by atoms with Gasteiger partial charge >= 0.3 is 0 Å². The van der Waals surface area contributed by atoms with Crippen LogP contribution in [-0.4, -0.2) is 10.9 Å². The monoisotopic (exact) mass is 214 g/mol. The molecule has 0 aliphatic carbocycles. The van der Waals surface area contributed by atoms with Gasteiger partial charge in [0.25, 0.3) is 0 Å². The third-order valence-corrected chi connectivity index (χ3v) is 3.81. The normalized spacial score (nSPS) is 23.3. The number of carbonyl (C=O) groups is 1. The summed E-state index contributed by atoms with van der Waals surface area (Å²) in [5.74, 6) is 1.05. The van der Waals surface area contributed by atoms with Crippen LogP contribution < -0.4 is 0 Å². The fourth-order valence-electron chi connectivity index (χ4n) is 1.87. The Kier molecular flexibility index (Phi) is 7.20. The molecule has 0 unspecified atom stereocenters. The van der Waals surface area contributed by atoms with Crippen molar-refractivity contribution in [3.63, 3.8) is 0 Å². The Bertz CT molecular complexity index is 140. The zero-order valence-corrected chi connectivity index (χ0v) is 9.91. The quantitative estimate of drug-likeness (QED) is 0.602. The van der Waals surface area contributed by atoms with Gasteiger partial charge in [-0.2, -0.15) is 0 Å². The molecule has 0 saturated carbocycles. The maximum absolute atomic E-state index is 11.3. The van der Waals surface area contributed by atoms with Crippen molar-refractivity contribution in [1.82, 2.24) is 0 Å². The van der Waals surface area contributed by atoms with E-state index in [1.165, 1.54) is 51.4 Å². The summed E-state index contributed by atoms with van der Waals surface area (Å²) in [5, 5.41) is 0.421. The maximum Gasteiger partial charge on any atom is 0.188 e. The topological polar surface area (TPSA) is 17.1 Å². The first-order valence-corrected chi connectivity index (χ1v) is 7.04. The van der Waals surface area contributed by atoms with Gasteiger partial charge in [-0.05, 0) is 12.8 Å². The second-order valence-electron chi connectivity index (χ2n) is 4.15. The Morgan fingerprint density at radius 1 is 0.714 bits per heavy atom. The lowest BCUT2D eigenvalue weighted by atomic mass is 10.1. The lowest BCUT2D eigenvalue weighted by Gasteiger charge is -1.99. The molecule has 2 heteroatoms. The van der Waals surface area contributed by atoms with Gasteiger partial charge in [0, 0.05) is 12.2 Å². The van der Waals surface area contributed by atoms with E-state index in [1.54, 1.807) is 11.8 Å². The van der Waals surface area contributed by atoms with Crippen molar-refractivity contribution in [2.75, 3.05) is 5.75 Å². The van der Waals surface area contributed by atoms with Gasteiger partial charge in [0.05, 0.1) is 0 Å². The highest BCUT2D eigenvalue weighted by Gasteiger charge is 2.03. The van der Waals surface area contributed by atoms with Gasteiger partial charge in [0.2, 0.25) is 0 Å². The van der Waals surface area contributed by atoms with E-state index < -0.39 is 0 Å². The fraction of sp³-hybridized carbons (Fsp3) is 0.917. The summed E-state index contributed by atoms with van der Waals surface area (Å²) in [6, 6.07) is 0. The van der Waals surface area contributed by atoms with Crippen LogP contribution in [0.15, 0.2) is 0 Å². The molecule has 1 nitrogen and oxygen atoms in total. The Labute approximate surface area is 92.0 Å². The van der Waals surface area contributed by atoms with E-state index in [9.17, 15) is 4.79 Å². The molecule has 1 heterocycles. The Morgan fingerprint density at radius 3 is 1.86 bits per heavy atom. The molecular weight excluding hydrogens is 192 g/mol. The van der Waals surface area contributed by atoms with E-state index in [-0.39, 0.29) is 0 Å². The lowest BCUT2D eigenvalue weighted by molar-refractivity contribution is -0.111. The molecule has 0 atom stereocenters. The molecule has 0 radical (unpaired) electrons. The summed E-state index contributed by atoms with van der Waals surface area (Å²) < 4.78 is 0. The zero-order valence-electron chi connectivity index (χ0n) is 9.09. The van der Waals surface area contributed by atoms with Crippen LogP contribution in [0.1, 0.15) is 64.2 Å². The summed E-state index contributed by atoms with van der Waals surface area (Å²) in [7, 11) is 0. The molecule has 1 fully saturated rings. The number of hydrogen-bond donors (Lipinski definition) is 0. The maximum atomic E-state index is 11.3. The molecule has 0 aromatic rings. The van der Waals surface area contributed by atoms with Crippen molar-refractivity contribution in [1.29, 1.82) is 0 Å². The SMILES string of the molecule is O=C1CCCCCCCCCCCS1. The molecule has 82 valence electrons. The number of thioether (sulfide) groups is 1. The largest absolute Gasteiger partial charge is 0.287 e. The molecular formula is C12H22OS. The lowest BCUT2D eigenvalue weighted by Crippen LogP contribution is -1.93. The molecule has 0 bridgehead atoms. The second kappa shape index (κ2) is 8.34. The first kappa shape index (κ1) is 12.1. The van der Waals surface area contributed by atoms with Gasteiger partial charge in [-0.25, -0.2) is 0 Å². The molecule has 0 amide bonds. The average molecular weight is 214 g/mol. The van der Waals surface area contributed by atoms with Gasteiger partial charge in [-0.3, -0.25) is 4.79 Å². The molecule has 1 saturated heterocycles. The highest BCUT2D eigenvalue weighted by Crippen LogP contribution is 2.16. The van der Waals surface area contributed by atoms with Crippen molar-refractivity contribution in [2.45, 2.75) is 64.2 Å². The molecule has 0 spiro atoms. The van der Waals surface area contributed by atoms with Crippen LogP contribution >= 0.6 is 11.8 Å². The van der Waals surface area contributed by atoms with Crippen LogP contribution in [0.2, 0.25) is 0 Å². The summed E-state index contributed by atoms with van der Waals surface area (Å²) in [6.07, 6.45) is 12.6. The number of hydrogen-bond acceptors (Lipinski definition) is 2. The minimum atomic E-state index is 0.421. The predicted octanol–water partition coefficient (Wildman–Crippen LogP) is 4.16. The van der Waals surface area contributed by atoms with Crippen LogP contribution in [0.4, 0.5) is 0 Å². The van der Waals surface area contributed by atoms with E-state index in [0.29, 0.717) is 5.12 Å². The molecule has 0 N–H and O–H groups in total. The van der Waals surface area contributed by atoms with Crippen molar-refractivity contribution in [2.24, 2.45) is 0 Å². The Hall–Kier alpha value is 0.0200. The molecule has 1 aliphatic heterocycles. The second-order valence-corrected chi connectivity index (χ2v) is 5.30. The number of rotatable bonds is 0. The Morgan fingerprint density at radius 2 is 1.21 bits per heavy atom. The average Bonchev–Trinajstić information content (AvgIpc) is 2.20. The van der Waals surface area contributed by atoms with E-state index in [1.807, 2.05) is 0 Å². The van der Waals surface area contributed by atoms with E-state index in [2.05, 4.69) is 0 Å². The molecule has 1 rings (SSSR count). The summed E-state index contributed by atoms with van der Waals surface area (Å²) in [6.45, 7) is 0. The van der Waals surface area contributed by atoms with Crippen LogP contribution in [0.5, 0.6) is 0 Å². The van der Waals surface area contributed by atoms with E-state index >= 15 is 0 Å². The molecule has 1 aliphatic rings. The standard InChI is InChI=1S/C12H22OS/c13-12-10-8-6-4-2-1-3-5-7-9-11-14-12/h1-11H2. The minimum absolute atomic E-state index is 0.421. The summed E-state index contributed by atoms with van der Waals surface area (Å²) in [4.78, 5) is 11.3. The fourth-order valence-corrected chi connectivity index (χ4v) is 2.73. The highest BCUT2D eigenvalue weighted by molar-refractivity contribution is 8.13. The third-order valence-electron chi connectivity index (χ3n) is 2.79. The minimum Gasteiger partial charge on any atom is -0.287 e. The van der Waals surface area contributed by atoms with E-state index in [4.69, 9.17) is 0 Å². The zero-order chi connectivity index (χ0) is 10.1. The van der Waals surface area contributed by atoms with Crippen LogP contribution in [0.3, 0.4) is 0 Å². The van der Waals surface area contributed by atoms with Crippen molar-refractivity contribution >= 4 is 16.9 Å².